The number of carbonyl (C=O) groups excluding carboxylic acids is 1. The third kappa shape index (κ3) is 4.68. The van der Waals surface area contributed by atoms with Gasteiger partial charge in [-0.1, -0.05) is 65.9 Å². The van der Waals surface area contributed by atoms with Crippen LogP contribution in [0.2, 0.25) is 0 Å². The van der Waals surface area contributed by atoms with Gasteiger partial charge in [-0.15, -0.1) is 16.8 Å². The van der Waals surface area contributed by atoms with Crippen molar-refractivity contribution in [1.29, 1.82) is 0 Å². The van der Waals surface area contributed by atoms with Crippen LogP contribution < -0.4 is 5.32 Å². The van der Waals surface area contributed by atoms with Gasteiger partial charge >= 0.3 is 0 Å². The quantitative estimate of drug-likeness (QED) is 0.298. The van der Waals surface area contributed by atoms with E-state index in [1.165, 1.54) is 17.3 Å². The summed E-state index contributed by atoms with van der Waals surface area (Å²) in [6.45, 7) is 6.53. The van der Waals surface area contributed by atoms with Gasteiger partial charge < -0.3 is 5.32 Å². The first kappa shape index (κ1) is 21.4. The Balaban J connectivity index is 1.56. The molecule has 2 heterocycles. The average Bonchev–Trinajstić information content (AvgIpc) is 3.56. The summed E-state index contributed by atoms with van der Waals surface area (Å²) in [5.74, 6) is 1.09. The Morgan fingerprint density at radius 1 is 1.18 bits per heavy atom. The van der Waals surface area contributed by atoms with E-state index < -0.39 is 0 Å². The minimum absolute atomic E-state index is 0.0354. The smallest absolute Gasteiger partial charge is 0.230 e. The number of nitrogens with zero attached hydrogens (tertiary/aromatic N) is 4. The van der Waals surface area contributed by atoms with Crippen LogP contribution in [0.4, 0.5) is 0 Å². The number of hydrogen-bond donors (Lipinski definition) is 1. The minimum Gasteiger partial charge on any atom is -0.353 e. The van der Waals surface area contributed by atoms with Crippen LogP contribution in [-0.4, -0.2) is 37.5 Å². The van der Waals surface area contributed by atoms with Crippen LogP contribution in [0.15, 0.2) is 72.4 Å². The highest BCUT2D eigenvalue weighted by Crippen LogP contribution is 2.33. The largest absolute Gasteiger partial charge is 0.353 e. The second-order valence-corrected chi connectivity index (χ2v) is 9.22. The Morgan fingerprint density at radius 2 is 1.97 bits per heavy atom. The van der Waals surface area contributed by atoms with Gasteiger partial charge in [0.25, 0.3) is 0 Å². The van der Waals surface area contributed by atoms with Crippen molar-refractivity contribution in [2.24, 2.45) is 0 Å². The zero-order valence-corrected chi connectivity index (χ0v) is 19.3. The molecule has 1 aliphatic rings. The van der Waals surface area contributed by atoms with Crippen LogP contribution in [-0.2, 0) is 11.3 Å². The fourth-order valence-electron chi connectivity index (χ4n) is 3.75. The molecule has 0 bridgehead atoms. The Morgan fingerprint density at radius 3 is 2.73 bits per heavy atom. The molecule has 1 amide bonds. The number of aromatic nitrogens is 4. The van der Waals surface area contributed by atoms with Crippen LogP contribution in [0.1, 0.15) is 18.4 Å². The Bertz CT molecular complexity index is 1320. The van der Waals surface area contributed by atoms with Crippen molar-refractivity contribution in [3.63, 3.8) is 0 Å². The number of carbonyl (C=O) groups is 1. The van der Waals surface area contributed by atoms with E-state index in [-0.39, 0.29) is 5.91 Å². The van der Waals surface area contributed by atoms with Crippen molar-refractivity contribution in [1.82, 2.24) is 25.1 Å². The van der Waals surface area contributed by atoms with E-state index in [0.29, 0.717) is 23.5 Å². The van der Waals surface area contributed by atoms with E-state index in [0.717, 1.165) is 46.4 Å². The number of pyridine rings is 1. The summed E-state index contributed by atoms with van der Waals surface area (Å²) in [6.07, 6.45) is 3.97. The second kappa shape index (κ2) is 9.19. The zero-order valence-electron chi connectivity index (χ0n) is 18.5. The fourth-order valence-corrected chi connectivity index (χ4v) is 4.51. The SMILES string of the molecule is C=CCn1c(SCC(=O)NC2CC2)nnc1-c1cc(-c2ccc(C)cc2)nc2ccccc12. The maximum absolute atomic E-state index is 12.2. The number of para-hydroxylation sites is 1. The number of amides is 1. The van der Waals surface area contributed by atoms with Crippen LogP contribution in [0.3, 0.4) is 0 Å². The van der Waals surface area contributed by atoms with Crippen molar-refractivity contribution in [2.45, 2.75) is 37.5 Å². The van der Waals surface area contributed by atoms with Gasteiger partial charge in [-0.3, -0.25) is 9.36 Å². The van der Waals surface area contributed by atoms with E-state index >= 15 is 0 Å². The Kier molecular flexibility index (Phi) is 5.96. The van der Waals surface area contributed by atoms with Gasteiger partial charge in [0.05, 0.1) is 17.0 Å². The van der Waals surface area contributed by atoms with Gasteiger partial charge in [-0.2, -0.15) is 0 Å². The van der Waals surface area contributed by atoms with Crippen LogP contribution in [0, 0.1) is 6.92 Å². The lowest BCUT2D eigenvalue weighted by Crippen LogP contribution is -2.27. The normalized spacial score (nSPS) is 13.2. The average molecular weight is 456 g/mol. The van der Waals surface area contributed by atoms with Gasteiger partial charge in [-0.05, 0) is 31.9 Å². The molecule has 4 aromatic rings. The molecule has 6 nitrogen and oxygen atoms in total. The van der Waals surface area contributed by atoms with Gasteiger partial charge in [0.2, 0.25) is 5.91 Å². The van der Waals surface area contributed by atoms with Gasteiger partial charge in [0, 0.05) is 29.1 Å². The molecule has 5 rings (SSSR count). The van der Waals surface area contributed by atoms with Gasteiger partial charge in [0.15, 0.2) is 11.0 Å². The molecule has 33 heavy (non-hydrogen) atoms. The maximum Gasteiger partial charge on any atom is 0.230 e. The van der Waals surface area contributed by atoms with E-state index in [1.807, 2.05) is 28.8 Å². The molecule has 0 atom stereocenters. The van der Waals surface area contributed by atoms with Crippen molar-refractivity contribution in [2.75, 3.05) is 5.75 Å². The molecular weight excluding hydrogens is 430 g/mol. The number of nitrogens with one attached hydrogen (secondary N) is 1. The van der Waals surface area contributed by atoms with Crippen molar-refractivity contribution in [3.05, 3.63) is 72.8 Å². The molecule has 1 N–H and O–H groups in total. The molecule has 7 heteroatoms. The fraction of sp³-hybridized carbons (Fsp3) is 0.231. The third-order valence-electron chi connectivity index (χ3n) is 5.61. The monoisotopic (exact) mass is 455 g/mol. The Hall–Kier alpha value is -3.45. The molecule has 0 radical (unpaired) electrons. The maximum atomic E-state index is 12.2. The lowest BCUT2D eigenvalue weighted by Gasteiger charge is -2.12. The van der Waals surface area contributed by atoms with Crippen LogP contribution in [0.25, 0.3) is 33.5 Å². The topological polar surface area (TPSA) is 72.7 Å². The third-order valence-corrected chi connectivity index (χ3v) is 6.57. The number of aryl methyl sites for hydroxylation is 1. The summed E-state index contributed by atoms with van der Waals surface area (Å²) in [4.78, 5) is 17.1. The van der Waals surface area contributed by atoms with E-state index in [1.54, 1.807) is 0 Å². The van der Waals surface area contributed by atoms with E-state index in [2.05, 4.69) is 65.4 Å². The predicted octanol–water partition coefficient (Wildman–Crippen LogP) is 5.03. The van der Waals surface area contributed by atoms with Gasteiger partial charge in [-0.25, -0.2) is 4.98 Å². The number of allylic oxidation sites excluding steroid dienone is 1. The first-order chi connectivity index (χ1) is 16.1. The molecule has 1 saturated carbocycles. The van der Waals surface area contributed by atoms with E-state index in [9.17, 15) is 4.79 Å². The number of fused-ring (bicyclic) bond motifs is 1. The predicted molar refractivity (Wildman–Crippen MR) is 133 cm³/mol. The number of thioether (sulfide) groups is 1. The standard InChI is InChI=1S/C26H25N5OS/c1-3-14-31-25(29-30-26(31)33-16-24(32)27-19-12-13-19)21-15-23(18-10-8-17(2)9-11-18)28-22-7-5-4-6-20(21)22/h3-11,15,19H,1,12-14,16H2,2H3,(H,27,32). The summed E-state index contributed by atoms with van der Waals surface area (Å²) in [6, 6.07) is 18.9. The minimum atomic E-state index is 0.0354. The molecule has 1 fully saturated rings. The lowest BCUT2D eigenvalue weighted by atomic mass is 10.0. The summed E-state index contributed by atoms with van der Waals surface area (Å²) in [7, 11) is 0. The second-order valence-electron chi connectivity index (χ2n) is 8.27. The summed E-state index contributed by atoms with van der Waals surface area (Å²) in [5, 5.41) is 13.7. The molecule has 2 aromatic heterocycles. The van der Waals surface area contributed by atoms with Crippen molar-refractivity contribution < 1.29 is 4.79 Å². The highest BCUT2D eigenvalue weighted by atomic mass is 32.2. The molecule has 0 spiro atoms. The van der Waals surface area contributed by atoms with E-state index in [4.69, 9.17) is 4.98 Å². The highest BCUT2D eigenvalue weighted by Gasteiger charge is 2.24. The van der Waals surface area contributed by atoms with Crippen LogP contribution >= 0.6 is 11.8 Å². The van der Waals surface area contributed by atoms with Gasteiger partial charge in [0.1, 0.15) is 0 Å². The molecule has 0 aliphatic heterocycles. The lowest BCUT2D eigenvalue weighted by molar-refractivity contribution is -0.118. The number of benzene rings is 2. The molecule has 166 valence electrons. The summed E-state index contributed by atoms with van der Waals surface area (Å²) in [5.41, 5.74) is 5.00. The molecule has 0 saturated heterocycles. The zero-order chi connectivity index (χ0) is 22.8. The van der Waals surface area contributed by atoms with Crippen LogP contribution in [0.5, 0.6) is 0 Å². The number of hydrogen-bond acceptors (Lipinski definition) is 5. The highest BCUT2D eigenvalue weighted by molar-refractivity contribution is 7.99. The van der Waals surface area contributed by atoms with Crippen molar-refractivity contribution in [3.8, 4) is 22.6 Å². The first-order valence-corrected chi connectivity index (χ1v) is 12.0. The molecule has 2 aromatic carbocycles. The summed E-state index contributed by atoms with van der Waals surface area (Å²) < 4.78 is 2.02. The summed E-state index contributed by atoms with van der Waals surface area (Å²) >= 11 is 1.40. The first-order valence-electron chi connectivity index (χ1n) is 11.1. The Labute approximate surface area is 197 Å². The molecular formula is C26H25N5OS. The number of rotatable bonds is 8. The molecule has 0 unspecified atom stereocenters. The van der Waals surface area contributed by atoms with Crippen molar-refractivity contribution >= 4 is 28.6 Å². The molecule has 1 aliphatic carbocycles.